The second kappa shape index (κ2) is 20.9. The number of amidine groups is 1. The van der Waals surface area contributed by atoms with E-state index in [2.05, 4.69) is 26.6 Å². The van der Waals surface area contributed by atoms with Gasteiger partial charge in [-0.1, -0.05) is 91.7 Å². The average Bonchev–Trinajstić information content (AvgIpc) is 3.47. The van der Waals surface area contributed by atoms with Gasteiger partial charge in [-0.25, -0.2) is 15.6 Å². The Morgan fingerprint density at radius 2 is 1.74 bits per heavy atom. The van der Waals surface area contributed by atoms with Gasteiger partial charge in [0.05, 0.1) is 6.61 Å². The summed E-state index contributed by atoms with van der Waals surface area (Å²) in [7, 11) is 1.44. The van der Waals surface area contributed by atoms with Crippen molar-refractivity contribution in [1.82, 2.24) is 14.7 Å². The van der Waals surface area contributed by atoms with Crippen molar-refractivity contribution in [1.29, 1.82) is 0 Å². The van der Waals surface area contributed by atoms with Crippen LogP contribution >= 0.6 is 11.6 Å². The SMILES string of the molecule is CCCCc1nc(Cl)c(C(=O)OC(C)OC)n1Cc1ccc(-c2ccccc2/C(N)=N/N(N)C(=O)c2ccccc2CO[N+](=O)[O-])cc1.CCOC=O. The van der Waals surface area contributed by atoms with E-state index in [4.69, 9.17) is 32.7 Å². The minimum atomic E-state index is -0.947. The van der Waals surface area contributed by atoms with Gasteiger partial charge >= 0.3 is 5.97 Å². The number of imidazole rings is 1. The van der Waals surface area contributed by atoms with Crippen molar-refractivity contribution >= 4 is 35.8 Å². The molecule has 17 heteroatoms. The number of ether oxygens (including phenoxy) is 3. The molecule has 0 saturated carbocycles. The third-order valence-electron chi connectivity index (χ3n) is 7.60. The van der Waals surface area contributed by atoms with Crippen molar-refractivity contribution in [2.75, 3.05) is 13.7 Å². The summed E-state index contributed by atoms with van der Waals surface area (Å²) in [4.78, 5) is 54.8. The van der Waals surface area contributed by atoms with Crippen LogP contribution in [0.1, 0.15) is 77.0 Å². The van der Waals surface area contributed by atoms with Crippen LogP contribution < -0.4 is 11.6 Å². The Balaban J connectivity index is 0.00000141. The van der Waals surface area contributed by atoms with Gasteiger partial charge in [-0.15, -0.1) is 15.2 Å². The fraction of sp³-hybridized carbons (Fsp3) is 0.306. The molecule has 4 aromatic rings. The Labute approximate surface area is 311 Å². The Morgan fingerprint density at radius 3 is 2.34 bits per heavy atom. The van der Waals surface area contributed by atoms with E-state index >= 15 is 0 Å². The van der Waals surface area contributed by atoms with E-state index in [1.54, 1.807) is 42.7 Å². The molecule has 0 radical (unpaired) electrons. The molecule has 0 saturated heterocycles. The van der Waals surface area contributed by atoms with Gasteiger partial charge in [0.25, 0.3) is 17.5 Å². The van der Waals surface area contributed by atoms with E-state index in [0.717, 1.165) is 29.5 Å². The number of amides is 1. The van der Waals surface area contributed by atoms with Crippen LogP contribution in [0, 0.1) is 10.1 Å². The maximum absolute atomic E-state index is 13.1. The molecular formula is C36H42ClN7O9. The summed E-state index contributed by atoms with van der Waals surface area (Å²) in [5.41, 5.74) is 9.74. The molecule has 1 atom stereocenters. The molecule has 16 nitrogen and oxygen atoms in total. The normalized spacial score (nSPS) is 11.5. The van der Waals surface area contributed by atoms with Crippen molar-refractivity contribution in [3.63, 3.8) is 0 Å². The van der Waals surface area contributed by atoms with Gasteiger partial charge in [-0.05, 0) is 48.6 Å². The van der Waals surface area contributed by atoms with Crippen LogP contribution in [0.4, 0.5) is 0 Å². The van der Waals surface area contributed by atoms with Crippen LogP contribution in [0.3, 0.4) is 0 Å². The molecule has 0 bridgehead atoms. The summed E-state index contributed by atoms with van der Waals surface area (Å²) < 4.78 is 16.4. The predicted octanol–water partition coefficient (Wildman–Crippen LogP) is 5.27. The molecule has 1 heterocycles. The number of esters is 1. The van der Waals surface area contributed by atoms with Crippen LogP contribution in [-0.2, 0) is 43.4 Å². The first-order valence-corrected chi connectivity index (χ1v) is 16.8. The van der Waals surface area contributed by atoms with E-state index < -0.39 is 29.9 Å². The standard InChI is InChI=1S/C33H36ClN7O7.C3H6O2/c1-4-5-14-28-37-30(34)29(33(43)48-21(2)46-3)39(28)19-22-15-17-23(18-16-22)25-11-8-9-13-27(25)31(35)38-40(36)32(42)26-12-7-6-10-24(26)20-47-41(44)45;1-2-5-3-4/h6-13,15-18,21H,4-5,14,19-20,36H2,1-3H3,(H2,35,38);3H,2H2,1H3. The lowest BCUT2D eigenvalue weighted by atomic mass is 9.98. The highest BCUT2D eigenvalue weighted by Crippen LogP contribution is 2.27. The van der Waals surface area contributed by atoms with Crippen LogP contribution in [0.25, 0.3) is 11.1 Å². The number of aromatic nitrogens is 2. The molecular weight excluding hydrogens is 710 g/mol. The number of carbonyl (C=O) groups excluding carboxylic acids is 3. The Hall–Kier alpha value is -5.84. The van der Waals surface area contributed by atoms with Crippen LogP contribution in [0.15, 0.2) is 77.9 Å². The van der Waals surface area contributed by atoms with Gasteiger partial charge in [-0.2, -0.15) is 5.12 Å². The molecule has 3 aromatic carbocycles. The smallest absolute Gasteiger partial charge is 0.360 e. The molecule has 4 rings (SSSR count). The zero-order valence-corrected chi connectivity index (χ0v) is 30.5. The number of rotatable bonds is 17. The third-order valence-corrected chi connectivity index (χ3v) is 7.86. The number of nitrogens with two attached hydrogens (primary N) is 2. The molecule has 0 aliphatic heterocycles. The zero-order chi connectivity index (χ0) is 38.9. The van der Waals surface area contributed by atoms with Gasteiger partial charge in [0, 0.05) is 31.2 Å². The highest BCUT2D eigenvalue weighted by molar-refractivity contribution is 6.32. The van der Waals surface area contributed by atoms with Crippen molar-refractivity contribution in [3.05, 3.63) is 122 Å². The summed E-state index contributed by atoms with van der Waals surface area (Å²) in [6.07, 6.45) is 1.67. The summed E-state index contributed by atoms with van der Waals surface area (Å²) in [5, 5.41) is 14.5. The number of hydrazone groups is 1. The topological polar surface area (TPSA) is 217 Å². The minimum Gasteiger partial charge on any atom is -0.468 e. The first kappa shape index (κ1) is 41.6. The number of hydrogen-bond donors (Lipinski definition) is 2. The van der Waals surface area contributed by atoms with Gasteiger partial charge < -0.3 is 29.3 Å². The molecule has 0 aliphatic rings. The number of benzene rings is 3. The number of nitrogens with zero attached hydrogens (tertiary/aromatic N) is 5. The molecule has 4 N–H and O–H groups in total. The maximum atomic E-state index is 13.1. The Morgan fingerprint density at radius 1 is 1.08 bits per heavy atom. The molecule has 1 aromatic heterocycles. The van der Waals surface area contributed by atoms with Crippen LogP contribution in [-0.4, -0.2) is 63.9 Å². The number of unbranched alkanes of at least 4 members (excludes halogenated alkanes) is 1. The number of aryl methyl sites for hydroxylation is 1. The molecule has 0 aliphatic carbocycles. The average molecular weight is 752 g/mol. The van der Waals surface area contributed by atoms with Crippen LogP contribution in [0.2, 0.25) is 5.15 Å². The number of methoxy groups -OCH3 is 1. The lowest BCUT2D eigenvalue weighted by Gasteiger charge is -2.16. The first-order valence-electron chi connectivity index (χ1n) is 16.5. The quantitative estimate of drug-likeness (QED) is 0.0162. The molecule has 0 fully saturated rings. The number of hydrogen-bond acceptors (Lipinski definition) is 12. The van der Waals surface area contributed by atoms with Crippen molar-refractivity contribution < 1.29 is 38.5 Å². The summed E-state index contributed by atoms with van der Waals surface area (Å²) in [6.45, 7) is 6.22. The third kappa shape index (κ3) is 11.8. The minimum absolute atomic E-state index is 0.0355. The highest BCUT2D eigenvalue weighted by atomic mass is 35.5. The largest absolute Gasteiger partial charge is 0.468 e. The van der Waals surface area contributed by atoms with Crippen molar-refractivity contribution in [2.45, 2.75) is 59.5 Å². The maximum Gasteiger partial charge on any atom is 0.360 e. The van der Waals surface area contributed by atoms with E-state index in [9.17, 15) is 24.5 Å². The second-order valence-electron chi connectivity index (χ2n) is 11.1. The number of halogens is 1. The summed E-state index contributed by atoms with van der Waals surface area (Å²) in [5.74, 6) is 5.26. The monoisotopic (exact) mass is 751 g/mol. The second-order valence-corrected chi connectivity index (χ2v) is 11.5. The molecule has 282 valence electrons. The van der Waals surface area contributed by atoms with E-state index in [-0.39, 0.29) is 27.8 Å². The van der Waals surface area contributed by atoms with Crippen molar-refractivity contribution in [3.8, 4) is 11.1 Å². The Bertz CT molecular complexity index is 1880. The van der Waals surface area contributed by atoms with E-state index in [0.29, 0.717) is 42.6 Å². The molecule has 53 heavy (non-hydrogen) atoms. The van der Waals surface area contributed by atoms with E-state index in [1.165, 1.54) is 19.2 Å². The zero-order valence-electron chi connectivity index (χ0n) is 29.8. The highest BCUT2D eigenvalue weighted by Gasteiger charge is 2.25. The van der Waals surface area contributed by atoms with Crippen molar-refractivity contribution in [2.24, 2.45) is 16.7 Å². The number of carbonyl (C=O) groups is 3. The fourth-order valence-corrected chi connectivity index (χ4v) is 5.20. The summed E-state index contributed by atoms with van der Waals surface area (Å²) in [6, 6.07) is 21.0. The number of hydrazine groups is 1. The molecule has 1 amide bonds. The Kier molecular flexibility index (Phi) is 16.4. The first-order chi connectivity index (χ1) is 25.4. The summed E-state index contributed by atoms with van der Waals surface area (Å²) >= 11 is 6.43. The fourth-order valence-electron chi connectivity index (χ4n) is 4.93. The van der Waals surface area contributed by atoms with Gasteiger partial charge in [0.1, 0.15) is 12.4 Å². The van der Waals surface area contributed by atoms with E-state index in [1.807, 2.05) is 36.4 Å². The molecule has 0 spiro atoms. The van der Waals surface area contributed by atoms with Crippen LogP contribution in [0.5, 0.6) is 0 Å². The van der Waals surface area contributed by atoms with Gasteiger partial charge in [0.2, 0.25) is 0 Å². The lowest BCUT2D eigenvalue weighted by molar-refractivity contribution is -0.763. The molecule has 1 unspecified atom stereocenters. The predicted molar refractivity (Wildman–Crippen MR) is 196 cm³/mol. The lowest BCUT2D eigenvalue weighted by Crippen LogP contribution is -2.36. The van der Waals surface area contributed by atoms with Gasteiger partial charge in [0.15, 0.2) is 23.0 Å². The van der Waals surface area contributed by atoms with Gasteiger partial charge in [-0.3, -0.25) is 9.59 Å².